The molecule has 4 aromatic rings. The number of nitrogens with zero attached hydrogens (tertiary/aromatic N) is 4. The summed E-state index contributed by atoms with van der Waals surface area (Å²) in [6.07, 6.45) is 5.42. The average molecular weight is 359 g/mol. The predicted octanol–water partition coefficient (Wildman–Crippen LogP) is 4.34. The minimum Gasteiger partial charge on any atom is -0.369 e. The number of aromatic nitrogens is 4. The van der Waals surface area contributed by atoms with Gasteiger partial charge in [-0.1, -0.05) is 17.3 Å². The molecule has 0 aliphatic rings. The van der Waals surface area contributed by atoms with Crippen molar-refractivity contribution < 1.29 is 4.52 Å². The zero-order chi connectivity index (χ0) is 18.6. The number of rotatable bonds is 6. The van der Waals surface area contributed by atoms with E-state index in [1.165, 1.54) is 5.56 Å². The topological polar surface area (TPSA) is 76.7 Å². The largest absolute Gasteiger partial charge is 0.369 e. The number of aryl methyl sites for hydroxylation is 2. The molecule has 6 heteroatoms. The molecule has 0 saturated carbocycles. The van der Waals surface area contributed by atoms with Gasteiger partial charge in [-0.15, -0.1) is 0 Å². The van der Waals surface area contributed by atoms with Crippen molar-refractivity contribution in [3.05, 3.63) is 65.8 Å². The van der Waals surface area contributed by atoms with Gasteiger partial charge in [-0.2, -0.15) is 0 Å². The monoisotopic (exact) mass is 359 g/mol. The molecule has 136 valence electrons. The number of anilines is 1. The van der Waals surface area contributed by atoms with E-state index in [-0.39, 0.29) is 0 Å². The highest BCUT2D eigenvalue weighted by atomic mass is 16.5. The van der Waals surface area contributed by atoms with Gasteiger partial charge >= 0.3 is 0 Å². The van der Waals surface area contributed by atoms with Gasteiger partial charge < -0.3 is 9.84 Å². The van der Waals surface area contributed by atoms with Gasteiger partial charge in [-0.25, -0.2) is 9.97 Å². The fourth-order valence-electron chi connectivity index (χ4n) is 3.17. The fourth-order valence-corrected chi connectivity index (χ4v) is 3.17. The second-order valence-electron chi connectivity index (χ2n) is 6.49. The number of hydrogen-bond donors (Lipinski definition) is 1. The molecular weight excluding hydrogens is 338 g/mol. The van der Waals surface area contributed by atoms with Crippen LogP contribution < -0.4 is 5.32 Å². The average Bonchev–Trinajstić information content (AvgIpc) is 3.03. The Kier molecular flexibility index (Phi) is 4.78. The summed E-state index contributed by atoms with van der Waals surface area (Å²) in [7, 11) is 0. The van der Waals surface area contributed by atoms with Gasteiger partial charge in [0.15, 0.2) is 5.82 Å². The molecule has 27 heavy (non-hydrogen) atoms. The standard InChI is InChI=1S/C21H21N5O/c1-14-17(15(2)27-26-14)9-6-12-23-21-18-8-3-4-10-19(18)24-20(25-21)16-7-5-11-22-13-16/h3-5,7-8,10-11,13H,6,9,12H2,1-2H3,(H,23,24,25). The lowest BCUT2D eigenvalue weighted by Gasteiger charge is -2.11. The van der Waals surface area contributed by atoms with Crippen LogP contribution in [0.4, 0.5) is 5.82 Å². The van der Waals surface area contributed by atoms with E-state index in [1.807, 2.05) is 50.2 Å². The molecular formula is C21H21N5O. The third-order valence-corrected chi connectivity index (χ3v) is 4.60. The maximum absolute atomic E-state index is 5.24. The Labute approximate surface area is 157 Å². The van der Waals surface area contributed by atoms with Gasteiger partial charge in [0, 0.05) is 35.5 Å². The lowest BCUT2D eigenvalue weighted by atomic mass is 10.1. The minimum absolute atomic E-state index is 0.676. The fraction of sp³-hybridized carbons (Fsp3) is 0.238. The Bertz CT molecular complexity index is 1040. The molecule has 0 bridgehead atoms. The number of pyridine rings is 1. The molecule has 0 amide bonds. The molecule has 1 aromatic carbocycles. The Morgan fingerprint density at radius 2 is 1.93 bits per heavy atom. The molecule has 0 spiro atoms. The highest BCUT2D eigenvalue weighted by molar-refractivity contribution is 5.90. The summed E-state index contributed by atoms with van der Waals surface area (Å²) in [6.45, 7) is 4.75. The summed E-state index contributed by atoms with van der Waals surface area (Å²) in [5, 5.41) is 8.51. The van der Waals surface area contributed by atoms with Crippen molar-refractivity contribution in [3.8, 4) is 11.4 Å². The highest BCUT2D eigenvalue weighted by Gasteiger charge is 2.11. The normalized spacial score (nSPS) is 11.0. The molecule has 4 rings (SSSR count). The van der Waals surface area contributed by atoms with Gasteiger partial charge in [-0.3, -0.25) is 4.98 Å². The predicted molar refractivity (Wildman–Crippen MR) is 106 cm³/mol. The molecule has 6 nitrogen and oxygen atoms in total. The van der Waals surface area contributed by atoms with Crippen molar-refractivity contribution in [1.29, 1.82) is 0 Å². The van der Waals surface area contributed by atoms with Crippen molar-refractivity contribution in [2.24, 2.45) is 0 Å². The van der Waals surface area contributed by atoms with E-state index in [1.54, 1.807) is 12.4 Å². The quantitative estimate of drug-likeness (QED) is 0.516. The van der Waals surface area contributed by atoms with Crippen LogP contribution in [-0.2, 0) is 6.42 Å². The highest BCUT2D eigenvalue weighted by Crippen LogP contribution is 2.24. The number of hydrogen-bond acceptors (Lipinski definition) is 6. The Balaban J connectivity index is 1.55. The molecule has 0 fully saturated rings. The molecule has 0 unspecified atom stereocenters. The van der Waals surface area contributed by atoms with Crippen LogP contribution in [-0.4, -0.2) is 26.7 Å². The zero-order valence-corrected chi connectivity index (χ0v) is 15.4. The Hall–Kier alpha value is -3.28. The first-order valence-corrected chi connectivity index (χ1v) is 9.05. The van der Waals surface area contributed by atoms with Crippen LogP contribution in [0.1, 0.15) is 23.4 Å². The molecule has 0 saturated heterocycles. The van der Waals surface area contributed by atoms with Gasteiger partial charge in [0.25, 0.3) is 0 Å². The molecule has 0 radical (unpaired) electrons. The van der Waals surface area contributed by atoms with Crippen LogP contribution in [0.3, 0.4) is 0 Å². The van der Waals surface area contributed by atoms with E-state index in [9.17, 15) is 0 Å². The lowest BCUT2D eigenvalue weighted by Crippen LogP contribution is -2.07. The number of fused-ring (bicyclic) bond motifs is 1. The van der Waals surface area contributed by atoms with Crippen molar-refractivity contribution in [2.75, 3.05) is 11.9 Å². The molecule has 3 aromatic heterocycles. The summed E-state index contributed by atoms with van der Waals surface area (Å²) < 4.78 is 5.24. The van der Waals surface area contributed by atoms with Gasteiger partial charge in [0.1, 0.15) is 11.6 Å². The van der Waals surface area contributed by atoms with Gasteiger partial charge in [0.05, 0.1) is 11.2 Å². The number of para-hydroxylation sites is 1. The summed E-state index contributed by atoms with van der Waals surface area (Å²) in [6, 6.07) is 11.9. The zero-order valence-electron chi connectivity index (χ0n) is 15.4. The van der Waals surface area contributed by atoms with E-state index in [0.29, 0.717) is 5.82 Å². The van der Waals surface area contributed by atoms with E-state index < -0.39 is 0 Å². The van der Waals surface area contributed by atoms with Crippen molar-refractivity contribution in [3.63, 3.8) is 0 Å². The molecule has 0 atom stereocenters. The molecule has 0 aliphatic heterocycles. The Morgan fingerprint density at radius 3 is 2.70 bits per heavy atom. The van der Waals surface area contributed by atoms with Crippen molar-refractivity contribution in [1.82, 2.24) is 20.1 Å². The maximum atomic E-state index is 5.24. The lowest BCUT2D eigenvalue weighted by molar-refractivity contribution is 0.392. The van der Waals surface area contributed by atoms with E-state index in [4.69, 9.17) is 9.51 Å². The second kappa shape index (κ2) is 7.53. The third kappa shape index (κ3) is 3.65. The van der Waals surface area contributed by atoms with Crippen molar-refractivity contribution in [2.45, 2.75) is 26.7 Å². The van der Waals surface area contributed by atoms with E-state index in [0.717, 1.165) is 53.1 Å². The summed E-state index contributed by atoms with van der Waals surface area (Å²) in [5.74, 6) is 2.42. The van der Waals surface area contributed by atoms with Crippen LogP contribution in [0.2, 0.25) is 0 Å². The SMILES string of the molecule is Cc1noc(C)c1CCCNc1nc(-c2cccnc2)nc2ccccc12. The van der Waals surface area contributed by atoms with Crippen LogP contribution in [0.15, 0.2) is 53.3 Å². The first-order valence-electron chi connectivity index (χ1n) is 9.05. The smallest absolute Gasteiger partial charge is 0.163 e. The summed E-state index contributed by atoms with van der Waals surface area (Å²) in [5.41, 5.74) is 3.99. The number of nitrogens with one attached hydrogen (secondary N) is 1. The van der Waals surface area contributed by atoms with Gasteiger partial charge in [0.2, 0.25) is 0 Å². The van der Waals surface area contributed by atoms with E-state index in [2.05, 4.69) is 20.4 Å². The van der Waals surface area contributed by atoms with Crippen LogP contribution in [0.5, 0.6) is 0 Å². The first kappa shape index (κ1) is 17.1. The van der Waals surface area contributed by atoms with Crippen molar-refractivity contribution >= 4 is 16.7 Å². The summed E-state index contributed by atoms with van der Waals surface area (Å²) >= 11 is 0. The molecule has 0 aliphatic carbocycles. The minimum atomic E-state index is 0.676. The van der Waals surface area contributed by atoms with Gasteiger partial charge in [-0.05, 0) is 51.0 Å². The van der Waals surface area contributed by atoms with Crippen LogP contribution >= 0.6 is 0 Å². The molecule has 3 heterocycles. The second-order valence-corrected chi connectivity index (χ2v) is 6.49. The Morgan fingerprint density at radius 1 is 1.04 bits per heavy atom. The maximum Gasteiger partial charge on any atom is 0.163 e. The summed E-state index contributed by atoms with van der Waals surface area (Å²) in [4.78, 5) is 13.6. The first-order chi connectivity index (χ1) is 13.2. The van der Waals surface area contributed by atoms with Crippen LogP contribution in [0.25, 0.3) is 22.3 Å². The third-order valence-electron chi connectivity index (χ3n) is 4.60. The van der Waals surface area contributed by atoms with Crippen LogP contribution in [0, 0.1) is 13.8 Å². The molecule has 1 N–H and O–H groups in total. The van der Waals surface area contributed by atoms with E-state index >= 15 is 0 Å². The number of benzene rings is 1.